The molecular weight excluding hydrogens is 793 g/mol. The molecule has 6 N–H and O–H groups in total. The molecule has 340 valence electrons. The fourth-order valence-corrected chi connectivity index (χ4v) is 9.06. The van der Waals surface area contributed by atoms with E-state index in [1.54, 1.807) is 12.1 Å². The van der Waals surface area contributed by atoms with Gasteiger partial charge in [-0.15, -0.1) is 0 Å². The topological polar surface area (TPSA) is 129 Å². The Kier molecular flexibility index (Phi) is 18.1. The number of anilines is 4. The number of nitrogens with two attached hydrogens (primary N) is 2. The molecule has 8 nitrogen and oxygen atoms in total. The van der Waals surface area contributed by atoms with Crippen molar-refractivity contribution in [1.82, 2.24) is 0 Å². The van der Waals surface area contributed by atoms with Crippen LogP contribution in [0.15, 0.2) is 84.9 Å². The lowest BCUT2D eigenvalue weighted by Gasteiger charge is -2.19. The second-order valence-electron chi connectivity index (χ2n) is 17.8. The van der Waals surface area contributed by atoms with Crippen molar-refractivity contribution >= 4 is 67.0 Å². The molecule has 0 aliphatic heterocycles. The third-order valence-electron chi connectivity index (χ3n) is 12.5. The number of carbonyl (C=O) groups is 2. The summed E-state index contributed by atoms with van der Waals surface area (Å²) in [7, 11) is 0. The minimum atomic E-state index is -0.350. The van der Waals surface area contributed by atoms with Crippen molar-refractivity contribution in [2.24, 2.45) is 0 Å². The summed E-state index contributed by atoms with van der Waals surface area (Å²) < 4.78 is 11.3. The summed E-state index contributed by atoms with van der Waals surface area (Å²) in [5.41, 5.74) is 20.8. The van der Waals surface area contributed by atoms with Gasteiger partial charge in [-0.05, 0) is 130 Å². The van der Waals surface area contributed by atoms with Crippen LogP contribution in [0.1, 0.15) is 160 Å². The summed E-state index contributed by atoms with van der Waals surface area (Å²) in [6, 6.07) is 28.3. The Morgan fingerprint density at radius 2 is 0.875 bits per heavy atom. The second-order valence-corrected chi connectivity index (χ2v) is 17.8. The van der Waals surface area contributed by atoms with E-state index in [1.165, 1.54) is 115 Å². The Morgan fingerprint density at radius 3 is 1.28 bits per heavy atom. The minimum Gasteiger partial charge on any atom is -0.462 e. The number of nitrogen functional groups attached to an aromatic ring is 2. The van der Waals surface area contributed by atoms with Gasteiger partial charge >= 0.3 is 11.9 Å². The molecule has 0 atom stereocenters. The van der Waals surface area contributed by atoms with Crippen LogP contribution in [0.4, 0.5) is 22.7 Å². The van der Waals surface area contributed by atoms with Crippen molar-refractivity contribution in [2.45, 2.75) is 144 Å². The molecule has 0 bridgehead atoms. The van der Waals surface area contributed by atoms with E-state index in [0.717, 1.165) is 53.6 Å². The number of carbonyl (C=O) groups excluding carboxylic acids is 2. The molecule has 0 fully saturated rings. The average Bonchev–Trinajstić information content (AvgIpc) is 3.28. The van der Waals surface area contributed by atoms with Crippen LogP contribution in [0.25, 0.3) is 32.3 Å². The molecule has 0 spiro atoms. The third-order valence-corrected chi connectivity index (χ3v) is 12.5. The van der Waals surface area contributed by atoms with Gasteiger partial charge in [0.2, 0.25) is 0 Å². The Morgan fingerprint density at radius 1 is 0.484 bits per heavy atom. The number of esters is 2. The quantitative estimate of drug-likeness (QED) is 0.0184. The molecule has 0 aliphatic rings. The van der Waals surface area contributed by atoms with Gasteiger partial charge in [-0.3, -0.25) is 0 Å². The summed E-state index contributed by atoms with van der Waals surface area (Å²) in [6.07, 6.45) is 19.0. The molecule has 6 rings (SSSR count). The van der Waals surface area contributed by atoms with Crippen LogP contribution in [0, 0.1) is 13.8 Å². The van der Waals surface area contributed by atoms with Crippen molar-refractivity contribution in [3.8, 4) is 0 Å². The van der Waals surface area contributed by atoms with Crippen molar-refractivity contribution in [1.29, 1.82) is 0 Å². The predicted octanol–water partition coefficient (Wildman–Crippen LogP) is 14.7. The highest BCUT2D eigenvalue weighted by Gasteiger charge is 2.17. The maximum atomic E-state index is 13.1. The molecule has 0 radical (unpaired) electrons. The monoisotopic (exact) mass is 865 g/mol. The molecular formula is C56H72N4O4. The van der Waals surface area contributed by atoms with Gasteiger partial charge < -0.3 is 31.6 Å². The normalized spacial score (nSPS) is 11.4. The van der Waals surface area contributed by atoms with Crippen molar-refractivity contribution in [3.05, 3.63) is 118 Å². The largest absolute Gasteiger partial charge is 0.462 e. The third kappa shape index (κ3) is 13.1. The maximum absolute atomic E-state index is 13.1. The number of rotatable bonds is 26. The van der Waals surface area contributed by atoms with E-state index < -0.39 is 0 Å². The van der Waals surface area contributed by atoms with Gasteiger partial charge in [0.15, 0.2) is 0 Å². The van der Waals surface area contributed by atoms with Crippen LogP contribution in [-0.2, 0) is 22.6 Å². The van der Waals surface area contributed by atoms with Gasteiger partial charge in [0.05, 0.1) is 24.3 Å². The van der Waals surface area contributed by atoms with Crippen LogP contribution in [0.2, 0.25) is 0 Å². The van der Waals surface area contributed by atoms with Crippen LogP contribution >= 0.6 is 0 Å². The predicted molar refractivity (Wildman–Crippen MR) is 271 cm³/mol. The van der Waals surface area contributed by atoms with Crippen molar-refractivity contribution < 1.29 is 19.1 Å². The zero-order chi connectivity index (χ0) is 45.3. The lowest BCUT2D eigenvalue weighted by molar-refractivity contribution is 0.0488. The molecule has 0 saturated carbocycles. The van der Waals surface area contributed by atoms with E-state index in [2.05, 4.69) is 86.9 Å². The van der Waals surface area contributed by atoms with E-state index >= 15 is 0 Å². The number of ether oxygens (including phenoxy) is 2. The number of hydrogen-bond donors (Lipinski definition) is 4. The molecule has 0 unspecified atom stereocenters. The van der Waals surface area contributed by atoms with Crippen LogP contribution in [-0.4, -0.2) is 25.2 Å². The number of unbranched alkanes of at least 4 members (excludes halogenated alkanes) is 14. The number of fused-ring (bicyclic) bond motifs is 5. The Balaban J connectivity index is 1.18. The van der Waals surface area contributed by atoms with Gasteiger partial charge in [0.25, 0.3) is 0 Å². The number of nitrogens with one attached hydrogen (secondary N) is 2. The van der Waals surface area contributed by atoms with Gasteiger partial charge in [0.1, 0.15) is 0 Å². The number of benzene rings is 6. The molecule has 0 aliphatic carbocycles. The fourth-order valence-electron chi connectivity index (χ4n) is 9.06. The van der Waals surface area contributed by atoms with Crippen LogP contribution < -0.4 is 22.1 Å². The molecule has 6 aromatic carbocycles. The number of hydrogen-bond acceptors (Lipinski definition) is 8. The summed E-state index contributed by atoms with van der Waals surface area (Å²) in [5, 5.41) is 14.3. The highest BCUT2D eigenvalue weighted by molar-refractivity contribution is 6.23. The van der Waals surface area contributed by atoms with Crippen molar-refractivity contribution in [2.75, 3.05) is 35.3 Å². The van der Waals surface area contributed by atoms with Crippen LogP contribution in [0.3, 0.4) is 0 Å². The first-order valence-corrected chi connectivity index (χ1v) is 24.2. The van der Waals surface area contributed by atoms with E-state index in [4.69, 9.17) is 20.9 Å². The first-order chi connectivity index (χ1) is 31.2. The van der Waals surface area contributed by atoms with Crippen molar-refractivity contribution in [3.63, 3.8) is 0 Å². The van der Waals surface area contributed by atoms with E-state index in [0.29, 0.717) is 48.8 Å². The molecule has 8 heteroatoms. The average molecular weight is 865 g/mol. The minimum absolute atomic E-state index is 0.350. The van der Waals surface area contributed by atoms with Gasteiger partial charge in [-0.1, -0.05) is 140 Å². The SMILES string of the molecule is CCCCCCCCCCOC(=O)c1cc(N)cc(NCc2cc3cc(CNc4cc(N)cc(C(=O)OCCCCCCCCCC)c4)c4cccc(C)c4c3c3c(C)cccc23)c1. The lowest BCUT2D eigenvalue weighted by Crippen LogP contribution is -2.09. The zero-order valence-electron chi connectivity index (χ0n) is 39.0. The highest BCUT2D eigenvalue weighted by Crippen LogP contribution is 2.39. The van der Waals surface area contributed by atoms with E-state index in [-0.39, 0.29) is 11.9 Å². The summed E-state index contributed by atoms with van der Waals surface area (Å²) in [6.45, 7) is 10.7. The van der Waals surface area contributed by atoms with Crippen LogP contribution in [0.5, 0.6) is 0 Å². The molecule has 64 heavy (non-hydrogen) atoms. The lowest BCUT2D eigenvalue weighted by atomic mass is 9.87. The Bertz CT molecular complexity index is 2330. The van der Waals surface area contributed by atoms with Gasteiger partial charge in [-0.25, -0.2) is 9.59 Å². The molecule has 6 aromatic rings. The maximum Gasteiger partial charge on any atom is 0.338 e. The second kappa shape index (κ2) is 24.3. The summed E-state index contributed by atoms with van der Waals surface area (Å²) >= 11 is 0. The Labute approximate surface area is 381 Å². The molecule has 0 heterocycles. The smallest absolute Gasteiger partial charge is 0.338 e. The number of aryl methyl sites for hydroxylation is 2. The first kappa shape index (κ1) is 47.7. The fraction of sp³-hybridized carbons (Fsp3) is 0.429. The van der Waals surface area contributed by atoms with Gasteiger partial charge in [0, 0.05) is 35.8 Å². The Hall–Kier alpha value is -5.76. The van der Waals surface area contributed by atoms with Gasteiger partial charge in [-0.2, -0.15) is 0 Å². The molecule has 0 saturated heterocycles. The van der Waals surface area contributed by atoms with E-state index in [9.17, 15) is 9.59 Å². The zero-order valence-corrected chi connectivity index (χ0v) is 39.0. The first-order valence-electron chi connectivity index (χ1n) is 24.2. The molecule has 0 amide bonds. The summed E-state index contributed by atoms with van der Waals surface area (Å²) in [5.74, 6) is -0.700. The summed E-state index contributed by atoms with van der Waals surface area (Å²) in [4.78, 5) is 26.2. The molecule has 0 aromatic heterocycles. The highest BCUT2D eigenvalue weighted by atomic mass is 16.5. The standard InChI is InChI=1S/C56H72N4O4/c1-5-7-9-11-13-15-17-19-27-63-55(61)42-31-46(57)35-48(33-42)59-37-44-29-41-30-45(51-26-22-24-40(4)53(51)54(41)52-39(3)23-21-25-50(44)52)38-60-49-34-43(32-47(58)36-49)56(62)64-28-20-18-16-14-12-10-8-6-2/h21-26,29-36,59-60H,5-20,27-28,37-38,57-58H2,1-4H3. The van der Waals surface area contributed by atoms with E-state index in [1.807, 2.05) is 24.3 Å².